The smallest absolute Gasteiger partial charge is 0.438 e. The molecule has 12 heavy (non-hydrogen) atoms. The van der Waals surface area contributed by atoms with Gasteiger partial charge in [-0.1, -0.05) is 4.48 Å². The van der Waals surface area contributed by atoms with Crippen molar-refractivity contribution in [1.82, 2.24) is 5.12 Å². The fourth-order valence-electron chi connectivity index (χ4n) is 0.491. The predicted octanol–water partition coefficient (Wildman–Crippen LogP) is 1.10. The number of carbonyl (C=O) groups excluding carboxylic acids is 1. The number of rotatable bonds is 2. The first kappa shape index (κ1) is 11.2. The van der Waals surface area contributed by atoms with Crippen LogP contribution in [0.1, 0.15) is 20.8 Å². The van der Waals surface area contributed by atoms with Gasteiger partial charge in [-0.05, 0) is 20.8 Å². The lowest BCUT2D eigenvalue weighted by atomic mass is 10.2. The summed E-state index contributed by atoms with van der Waals surface area (Å²) < 4.78 is 17.2. The van der Waals surface area contributed by atoms with Crippen molar-refractivity contribution in [1.29, 1.82) is 0 Å². The van der Waals surface area contributed by atoms with Crippen LogP contribution in [-0.2, 0) is 4.74 Å². The first-order chi connectivity index (χ1) is 5.37. The number of hydrogen-bond donors (Lipinski definition) is 1. The summed E-state index contributed by atoms with van der Waals surface area (Å²) in [6, 6.07) is 0. The van der Waals surface area contributed by atoms with Gasteiger partial charge in [-0.15, -0.1) is 5.12 Å². The van der Waals surface area contributed by atoms with Crippen LogP contribution >= 0.6 is 0 Å². The Hall–Kier alpha value is -0.840. The molecule has 0 saturated heterocycles. The van der Waals surface area contributed by atoms with Crippen molar-refractivity contribution in [2.45, 2.75) is 26.4 Å². The van der Waals surface area contributed by atoms with Crippen molar-refractivity contribution < 1.29 is 19.1 Å². The van der Waals surface area contributed by atoms with Gasteiger partial charge in [0, 0.05) is 0 Å². The lowest BCUT2D eigenvalue weighted by Crippen LogP contribution is -2.33. The summed E-state index contributed by atoms with van der Waals surface area (Å²) in [6.45, 7) is 4.12. The molecule has 0 atom stereocenters. The molecule has 0 spiro atoms. The van der Waals surface area contributed by atoms with E-state index in [0.29, 0.717) is 0 Å². The highest BCUT2D eigenvalue weighted by Crippen LogP contribution is 2.09. The van der Waals surface area contributed by atoms with Crippen LogP contribution in [-0.4, -0.2) is 35.1 Å². The van der Waals surface area contributed by atoms with E-state index in [1.807, 2.05) is 0 Å². The zero-order valence-corrected chi connectivity index (χ0v) is 7.50. The quantitative estimate of drug-likeness (QED) is 0.646. The summed E-state index contributed by atoms with van der Waals surface area (Å²) in [5.74, 6) is 0. The second kappa shape index (κ2) is 4.25. The standard InChI is InChI=1S/C7H14FNO3/c1-7(2,3)12-6(11)9(8)4-5-10/h10H,4-5H2,1-3H3. The Kier molecular flexibility index (Phi) is 3.95. The number of aliphatic hydroxyl groups excluding tert-OH is 1. The van der Waals surface area contributed by atoms with Gasteiger partial charge in [-0.3, -0.25) is 0 Å². The third kappa shape index (κ3) is 4.90. The summed E-state index contributed by atoms with van der Waals surface area (Å²) in [5.41, 5.74) is -0.711. The van der Waals surface area contributed by atoms with Gasteiger partial charge in [-0.2, -0.15) is 0 Å². The van der Waals surface area contributed by atoms with Gasteiger partial charge >= 0.3 is 6.09 Å². The van der Waals surface area contributed by atoms with Crippen LogP contribution in [0.2, 0.25) is 0 Å². The zero-order valence-electron chi connectivity index (χ0n) is 7.50. The molecular weight excluding hydrogens is 165 g/mol. The Morgan fingerprint density at radius 1 is 1.58 bits per heavy atom. The van der Waals surface area contributed by atoms with E-state index in [9.17, 15) is 9.28 Å². The fraction of sp³-hybridized carbons (Fsp3) is 0.857. The molecule has 72 valence electrons. The molecule has 0 aliphatic rings. The third-order valence-corrected chi connectivity index (χ3v) is 0.888. The molecule has 0 aliphatic heterocycles. The van der Waals surface area contributed by atoms with Crippen LogP contribution < -0.4 is 0 Å². The summed E-state index contributed by atoms with van der Waals surface area (Å²) in [6.07, 6.45) is -1.07. The fourth-order valence-corrected chi connectivity index (χ4v) is 0.491. The number of hydrogen-bond acceptors (Lipinski definition) is 3. The highest BCUT2D eigenvalue weighted by molar-refractivity contribution is 5.66. The van der Waals surface area contributed by atoms with Crippen LogP contribution in [0.5, 0.6) is 0 Å². The third-order valence-electron chi connectivity index (χ3n) is 0.888. The molecule has 0 aromatic heterocycles. The number of halogens is 1. The van der Waals surface area contributed by atoms with Crippen LogP contribution in [0.25, 0.3) is 0 Å². The van der Waals surface area contributed by atoms with E-state index in [1.54, 1.807) is 20.8 Å². The van der Waals surface area contributed by atoms with E-state index < -0.39 is 18.3 Å². The molecule has 0 fully saturated rings. The summed E-state index contributed by atoms with van der Waals surface area (Å²) in [4.78, 5) is 10.8. The molecule has 5 heteroatoms. The second-order valence-corrected chi connectivity index (χ2v) is 3.29. The number of carbonyl (C=O) groups is 1. The zero-order chi connectivity index (χ0) is 9.78. The molecule has 0 bridgehead atoms. The molecule has 1 amide bonds. The van der Waals surface area contributed by atoms with Crippen molar-refractivity contribution in [3.8, 4) is 0 Å². The monoisotopic (exact) mass is 179 g/mol. The van der Waals surface area contributed by atoms with Crippen molar-refractivity contribution >= 4 is 6.09 Å². The van der Waals surface area contributed by atoms with Gasteiger partial charge in [0.1, 0.15) is 5.60 Å². The normalized spacial score (nSPS) is 11.1. The first-order valence-corrected chi connectivity index (χ1v) is 3.64. The Morgan fingerprint density at radius 3 is 2.42 bits per heavy atom. The second-order valence-electron chi connectivity index (χ2n) is 3.29. The average molecular weight is 179 g/mol. The van der Waals surface area contributed by atoms with Gasteiger partial charge in [0.05, 0.1) is 13.2 Å². The van der Waals surface area contributed by atoms with Crippen LogP contribution in [0.15, 0.2) is 0 Å². The molecule has 0 rings (SSSR count). The minimum Gasteiger partial charge on any atom is -0.442 e. The van der Waals surface area contributed by atoms with E-state index in [2.05, 4.69) is 4.74 Å². The minimum atomic E-state index is -1.07. The topological polar surface area (TPSA) is 49.8 Å². The molecule has 0 saturated carbocycles. The maximum absolute atomic E-state index is 12.5. The summed E-state index contributed by atoms with van der Waals surface area (Å²) >= 11 is 0. The van der Waals surface area contributed by atoms with Crippen molar-refractivity contribution in [2.24, 2.45) is 0 Å². The average Bonchev–Trinajstić information content (AvgIpc) is 1.84. The molecule has 0 heterocycles. The van der Waals surface area contributed by atoms with Gasteiger partial charge in [0.15, 0.2) is 0 Å². The van der Waals surface area contributed by atoms with Gasteiger partial charge in [0.2, 0.25) is 0 Å². The predicted molar refractivity (Wildman–Crippen MR) is 41.1 cm³/mol. The Balaban J connectivity index is 3.87. The minimum absolute atomic E-state index is 0.161. The first-order valence-electron chi connectivity index (χ1n) is 3.64. The van der Waals surface area contributed by atoms with E-state index in [1.165, 1.54) is 0 Å². The van der Waals surface area contributed by atoms with E-state index >= 15 is 0 Å². The molecular formula is C7H14FNO3. The summed E-state index contributed by atoms with van der Waals surface area (Å²) in [7, 11) is 0. The lowest BCUT2D eigenvalue weighted by molar-refractivity contribution is -0.0362. The Labute approximate surface area is 70.9 Å². The highest BCUT2D eigenvalue weighted by atomic mass is 19.2. The SMILES string of the molecule is CC(C)(C)OC(=O)N(F)CCO. The van der Waals surface area contributed by atoms with Crippen LogP contribution in [0.3, 0.4) is 0 Å². The summed E-state index contributed by atoms with van der Waals surface area (Å²) in [5, 5.41) is 8.13. The maximum atomic E-state index is 12.5. The van der Waals surface area contributed by atoms with Crippen molar-refractivity contribution in [3.05, 3.63) is 0 Å². The Bertz CT molecular complexity index is 155. The van der Waals surface area contributed by atoms with Crippen LogP contribution in [0.4, 0.5) is 9.28 Å². The van der Waals surface area contributed by atoms with Gasteiger partial charge in [-0.25, -0.2) is 4.79 Å². The van der Waals surface area contributed by atoms with E-state index in [4.69, 9.17) is 5.11 Å². The number of nitrogens with zero attached hydrogens (tertiary/aromatic N) is 1. The van der Waals surface area contributed by atoms with Gasteiger partial charge < -0.3 is 9.84 Å². The van der Waals surface area contributed by atoms with Crippen molar-refractivity contribution in [3.63, 3.8) is 0 Å². The largest absolute Gasteiger partial charge is 0.442 e. The molecule has 4 nitrogen and oxygen atoms in total. The molecule has 0 aliphatic carbocycles. The van der Waals surface area contributed by atoms with Gasteiger partial charge in [0.25, 0.3) is 0 Å². The molecule has 1 N–H and O–H groups in total. The highest BCUT2D eigenvalue weighted by Gasteiger charge is 2.21. The molecule has 0 radical (unpaired) electrons. The number of ether oxygens (including phenoxy) is 1. The molecule has 0 aromatic carbocycles. The lowest BCUT2D eigenvalue weighted by Gasteiger charge is -2.21. The van der Waals surface area contributed by atoms with Crippen LogP contribution in [0, 0.1) is 0 Å². The van der Waals surface area contributed by atoms with E-state index in [-0.39, 0.29) is 11.7 Å². The maximum Gasteiger partial charge on any atom is 0.438 e. The molecule has 0 aromatic rings. The number of amides is 1. The Morgan fingerprint density at radius 2 is 2.08 bits per heavy atom. The van der Waals surface area contributed by atoms with Crippen molar-refractivity contribution in [2.75, 3.05) is 13.2 Å². The molecule has 0 unspecified atom stereocenters. The number of aliphatic hydroxyl groups is 1. The van der Waals surface area contributed by atoms with E-state index in [0.717, 1.165) is 0 Å².